The summed E-state index contributed by atoms with van der Waals surface area (Å²) in [5.74, 6) is -0.0822. The minimum atomic E-state index is -0.181. The number of nitrogens with one attached hydrogen (secondary N) is 1. The first kappa shape index (κ1) is 18.5. The molecule has 2 aromatic carbocycles. The second kappa shape index (κ2) is 7.55. The number of benzene rings is 2. The molecule has 0 unspecified atom stereocenters. The van der Waals surface area contributed by atoms with E-state index in [1.165, 1.54) is 4.57 Å². The van der Waals surface area contributed by atoms with Gasteiger partial charge in [0.05, 0.1) is 10.9 Å². The molecule has 1 amide bonds. The Balaban J connectivity index is 1.81. The van der Waals surface area contributed by atoms with Crippen LogP contribution in [0.25, 0.3) is 10.9 Å². The number of rotatable bonds is 4. The number of nitrogens with zero attached hydrogens (tertiary/aromatic N) is 2. The summed E-state index contributed by atoms with van der Waals surface area (Å²) in [5.41, 5.74) is 2.38. The van der Waals surface area contributed by atoms with Crippen molar-refractivity contribution >= 4 is 50.6 Å². The Bertz CT molecular complexity index is 1100. The normalized spacial score (nSPS) is 10.9. The second-order valence-electron chi connectivity index (χ2n) is 6.07. The van der Waals surface area contributed by atoms with Gasteiger partial charge in [0.2, 0.25) is 5.91 Å². The molecule has 1 N–H and O–H groups in total. The van der Waals surface area contributed by atoms with Crippen LogP contribution in [0, 0.1) is 11.7 Å². The lowest BCUT2D eigenvalue weighted by atomic mass is 10.2. The van der Waals surface area contributed by atoms with Crippen molar-refractivity contribution in [2.24, 2.45) is 0 Å². The first-order valence-electron chi connectivity index (χ1n) is 8.13. The van der Waals surface area contributed by atoms with E-state index in [-0.39, 0.29) is 24.4 Å². The zero-order valence-corrected chi connectivity index (χ0v) is 16.9. The first-order chi connectivity index (χ1) is 12.4. The number of para-hydroxylation sites is 1. The van der Waals surface area contributed by atoms with E-state index in [4.69, 9.17) is 12.2 Å². The largest absolute Gasteiger partial charge is 0.332 e. The van der Waals surface area contributed by atoms with Gasteiger partial charge in [-0.15, -0.1) is 0 Å². The summed E-state index contributed by atoms with van der Waals surface area (Å²) in [7, 11) is 1.73. The van der Waals surface area contributed by atoms with Crippen molar-refractivity contribution in [3.8, 4) is 0 Å². The molecule has 0 aliphatic rings. The maximum absolute atomic E-state index is 12.6. The SMILES string of the molecule is Cc1cc(N(C)C(=O)CCn2c(=S)[nH]c3ccccc3c2=O)ccc1Br. The van der Waals surface area contributed by atoms with Gasteiger partial charge in [-0.2, -0.15) is 0 Å². The van der Waals surface area contributed by atoms with Crippen molar-refractivity contribution in [3.63, 3.8) is 0 Å². The van der Waals surface area contributed by atoms with Gasteiger partial charge in [0.25, 0.3) is 5.56 Å². The number of anilines is 1. The van der Waals surface area contributed by atoms with E-state index < -0.39 is 0 Å². The minimum absolute atomic E-state index is 0.0822. The number of hydrogen-bond donors (Lipinski definition) is 1. The van der Waals surface area contributed by atoms with Gasteiger partial charge in [-0.1, -0.05) is 28.1 Å². The molecule has 26 heavy (non-hydrogen) atoms. The van der Waals surface area contributed by atoms with Gasteiger partial charge in [-0.05, 0) is 55.0 Å². The highest BCUT2D eigenvalue weighted by Crippen LogP contribution is 2.22. The number of halogens is 1. The average Bonchev–Trinajstić information content (AvgIpc) is 2.63. The molecule has 134 valence electrons. The number of carbonyl (C=O) groups excluding carboxylic acids is 1. The minimum Gasteiger partial charge on any atom is -0.332 e. The van der Waals surface area contributed by atoms with Gasteiger partial charge in [-0.25, -0.2) is 0 Å². The van der Waals surface area contributed by atoms with E-state index in [0.717, 1.165) is 15.7 Å². The molecule has 0 saturated heterocycles. The zero-order chi connectivity index (χ0) is 18.8. The monoisotopic (exact) mass is 431 g/mol. The number of H-pyrrole nitrogens is 1. The number of amides is 1. The van der Waals surface area contributed by atoms with Crippen LogP contribution in [0.3, 0.4) is 0 Å². The van der Waals surface area contributed by atoms with E-state index in [1.54, 1.807) is 24.1 Å². The molecule has 0 radical (unpaired) electrons. The van der Waals surface area contributed by atoms with Crippen molar-refractivity contribution in [2.45, 2.75) is 19.9 Å². The quantitative estimate of drug-likeness (QED) is 0.630. The fourth-order valence-corrected chi connectivity index (χ4v) is 3.29. The average molecular weight is 432 g/mol. The molecule has 1 heterocycles. The molecule has 0 bridgehead atoms. The molecule has 0 spiro atoms. The molecule has 0 saturated carbocycles. The van der Waals surface area contributed by atoms with Crippen LogP contribution in [0.2, 0.25) is 0 Å². The Morgan fingerprint density at radius 3 is 2.73 bits per heavy atom. The summed E-state index contributed by atoms with van der Waals surface area (Å²) in [6, 6.07) is 12.9. The third-order valence-corrected chi connectivity index (χ3v) is 5.55. The fourth-order valence-electron chi connectivity index (χ4n) is 2.76. The van der Waals surface area contributed by atoms with Gasteiger partial charge in [0.15, 0.2) is 4.77 Å². The lowest BCUT2D eigenvalue weighted by Gasteiger charge is -2.18. The summed E-state index contributed by atoms with van der Waals surface area (Å²) < 4.78 is 2.76. The summed E-state index contributed by atoms with van der Waals surface area (Å²) in [5, 5.41) is 0.561. The predicted octanol–water partition coefficient (Wildman–Crippen LogP) is 4.18. The van der Waals surface area contributed by atoms with Crippen LogP contribution in [0.5, 0.6) is 0 Å². The van der Waals surface area contributed by atoms with Gasteiger partial charge >= 0.3 is 0 Å². The number of aromatic nitrogens is 2. The number of aryl methyl sites for hydroxylation is 1. The number of aromatic amines is 1. The van der Waals surface area contributed by atoms with Gasteiger partial charge in [-0.3, -0.25) is 14.2 Å². The summed E-state index contributed by atoms with van der Waals surface area (Å²) >= 11 is 8.74. The Morgan fingerprint density at radius 2 is 2.00 bits per heavy atom. The van der Waals surface area contributed by atoms with Crippen LogP contribution >= 0.6 is 28.1 Å². The third kappa shape index (κ3) is 3.64. The fraction of sp³-hybridized carbons (Fsp3) is 0.211. The van der Waals surface area contributed by atoms with Crippen LogP contribution < -0.4 is 10.5 Å². The van der Waals surface area contributed by atoms with Crippen molar-refractivity contribution < 1.29 is 4.79 Å². The molecule has 3 aromatic rings. The van der Waals surface area contributed by atoms with Gasteiger partial charge in [0.1, 0.15) is 0 Å². The number of hydrogen-bond acceptors (Lipinski definition) is 3. The zero-order valence-electron chi connectivity index (χ0n) is 14.5. The summed E-state index contributed by atoms with van der Waals surface area (Å²) in [6.07, 6.45) is 0.182. The molecule has 0 fully saturated rings. The smallest absolute Gasteiger partial charge is 0.262 e. The number of fused-ring (bicyclic) bond motifs is 1. The molecule has 3 rings (SSSR count). The first-order valence-corrected chi connectivity index (χ1v) is 9.33. The molecule has 5 nitrogen and oxygen atoms in total. The van der Waals surface area contributed by atoms with Crippen LogP contribution in [0.1, 0.15) is 12.0 Å². The molecular formula is C19H18BrN3O2S. The van der Waals surface area contributed by atoms with Crippen LogP contribution in [0.4, 0.5) is 5.69 Å². The maximum atomic E-state index is 12.6. The van der Waals surface area contributed by atoms with Crippen molar-refractivity contribution in [1.82, 2.24) is 9.55 Å². The lowest BCUT2D eigenvalue weighted by molar-refractivity contribution is -0.118. The van der Waals surface area contributed by atoms with Crippen molar-refractivity contribution in [2.75, 3.05) is 11.9 Å². The Hall–Kier alpha value is -2.25. The van der Waals surface area contributed by atoms with Crippen LogP contribution in [0.15, 0.2) is 51.7 Å². The second-order valence-corrected chi connectivity index (χ2v) is 7.31. The Labute approximate surface area is 164 Å². The molecule has 7 heteroatoms. The van der Waals surface area contributed by atoms with E-state index >= 15 is 0 Å². The Kier molecular flexibility index (Phi) is 5.38. The summed E-state index contributed by atoms with van der Waals surface area (Å²) in [4.78, 5) is 29.8. The van der Waals surface area contributed by atoms with E-state index in [2.05, 4.69) is 20.9 Å². The molecular weight excluding hydrogens is 414 g/mol. The molecule has 0 atom stereocenters. The van der Waals surface area contributed by atoms with Crippen LogP contribution in [-0.4, -0.2) is 22.5 Å². The topological polar surface area (TPSA) is 58.1 Å². The standard InChI is InChI=1S/C19H18BrN3O2S/c1-12-11-13(7-8-15(12)20)22(2)17(24)9-10-23-18(25)14-5-3-4-6-16(14)21-19(23)26/h3-8,11H,9-10H2,1-2H3,(H,21,26). The molecule has 1 aromatic heterocycles. The highest BCUT2D eigenvalue weighted by atomic mass is 79.9. The third-order valence-electron chi connectivity index (χ3n) is 4.34. The van der Waals surface area contributed by atoms with Gasteiger partial charge in [0, 0.05) is 30.2 Å². The highest BCUT2D eigenvalue weighted by molar-refractivity contribution is 9.10. The van der Waals surface area contributed by atoms with E-state index in [1.807, 2.05) is 37.3 Å². The Morgan fingerprint density at radius 1 is 1.27 bits per heavy atom. The summed E-state index contributed by atoms with van der Waals surface area (Å²) in [6.45, 7) is 2.21. The number of carbonyl (C=O) groups is 1. The van der Waals surface area contributed by atoms with E-state index in [0.29, 0.717) is 15.7 Å². The van der Waals surface area contributed by atoms with Crippen molar-refractivity contribution in [1.29, 1.82) is 0 Å². The predicted molar refractivity (Wildman–Crippen MR) is 110 cm³/mol. The van der Waals surface area contributed by atoms with E-state index in [9.17, 15) is 9.59 Å². The van der Waals surface area contributed by atoms with Crippen molar-refractivity contribution in [3.05, 3.63) is 67.6 Å². The van der Waals surface area contributed by atoms with Crippen LogP contribution in [-0.2, 0) is 11.3 Å². The lowest BCUT2D eigenvalue weighted by Crippen LogP contribution is -2.30. The molecule has 0 aliphatic carbocycles. The maximum Gasteiger partial charge on any atom is 0.262 e. The van der Waals surface area contributed by atoms with Gasteiger partial charge < -0.3 is 9.88 Å². The molecule has 0 aliphatic heterocycles. The highest BCUT2D eigenvalue weighted by Gasteiger charge is 2.13.